The van der Waals surface area contributed by atoms with Crippen molar-refractivity contribution in [3.05, 3.63) is 105 Å². The number of nitrogens with zero attached hydrogens (tertiary/aromatic N) is 3. The molecule has 3 amide bonds. The van der Waals surface area contributed by atoms with E-state index in [1.807, 2.05) is 0 Å². The SMILES string of the molecule is CCOc1ccc(CN2C(=O)c3ccccc3C2=O)cc1C(=O)N(C)C(C)c1cccc([N+](=O)[O-])c1. The van der Waals surface area contributed by atoms with E-state index in [1.165, 1.54) is 17.0 Å². The summed E-state index contributed by atoms with van der Waals surface area (Å²) in [4.78, 5) is 52.4. The fourth-order valence-electron chi connectivity index (χ4n) is 4.18. The Morgan fingerprint density at radius 3 is 2.31 bits per heavy atom. The van der Waals surface area contributed by atoms with Gasteiger partial charge in [0.25, 0.3) is 23.4 Å². The topological polar surface area (TPSA) is 110 Å². The maximum atomic E-state index is 13.5. The van der Waals surface area contributed by atoms with Crippen molar-refractivity contribution < 1.29 is 24.0 Å². The second-order valence-corrected chi connectivity index (χ2v) is 8.45. The van der Waals surface area contributed by atoms with Crippen molar-refractivity contribution in [1.82, 2.24) is 9.80 Å². The van der Waals surface area contributed by atoms with Gasteiger partial charge in [0.1, 0.15) is 5.75 Å². The lowest BCUT2D eigenvalue weighted by Gasteiger charge is -2.26. The molecule has 0 N–H and O–H groups in total. The van der Waals surface area contributed by atoms with E-state index in [0.29, 0.717) is 34.6 Å². The van der Waals surface area contributed by atoms with Crippen LogP contribution in [0.1, 0.15) is 62.1 Å². The maximum Gasteiger partial charge on any atom is 0.269 e. The van der Waals surface area contributed by atoms with Gasteiger partial charge in [-0.3, -0.25) is 29.4 Å². The van der Waals surface area contributed by atoms with Crippen molar-refractivity contribution in [3.8, 4) is 5.75 Å². The summed E-state index contributed by atoms with van der Waals surface area (Å²) < 4.78 is 5.68. The van der Waals surface area contributed by atoms with Crippen LogP contribution < -0.4 is 4.74 Å². The lowest BCUT2D eigenvalue weighted by atomic mass is 10.0. The third-order valence-electron chi connectivity index (χ3n) is 6.26. The Labute approximate surface area is 208 Å². The monoisotopic (exact) mass is 487 g/mol. The van der Waals surface area contributed by atoms with Gasteiger partial charge in [-0.1, -0.05) is 30.3 Å². The first-order valence-electron chi connectivity index (χ1n) is 11.4. The maximum absolute atomic E-state index is 13.5. The predicted octanol–water partition coefficient (Wildman–Crippen LogP) is 4.62. The van der Waals surface area contributed by atoms with Gasteiger partial charge in [-0.05, 0) is 49.2 Å². The van der Waals surface area contributed by atoms with Crippen molar-refractivity contribution in [2.75, 3.05) is 13.7 Å². The molecule has 1 heterocycles. The molecular formula is C27H25N3O6. The normalized spacial score (nSPS) is 13.4. The van der Waals surface area contributed by atoms with Crippen LogP contribution in [0.3, 0.4) is 0 Å². The molecule has 0 spiro atoms. The molecule has 184 valence electrons. The summed E-state index contributed by atoms with van der Waals surface area (Å²) in [6.45, 7) is 3.92. The zero-order chi connectivity index (χ0) is 26.0. The molecule has 1 unspecified atom stereocenters. The molecule has 9 nitrogen and oxygen atoms in total. The Bertz CT molecular complexity index is 1330. The van der Waals surface area contributed by atoms with Crippen LogP contribution in [0, 0.1) is 10.1 Å². The first-order valence-corrected chi connectivity index (χ1v) is 11.4. The molecule has 1 aliphatic rings. The van der Waals surface area contributed by atoms with Crippen LogP contribution in [0.25, 0.3) is 0 Å². The number of non-ortho nitro benzene ring substituents is 1. The summed E-state index contributed by atoms with van der Waals surface area (Å²) in [6.07, 6.45) is 0. The summed E-state index contributed by atoms with van der Waals surface area (Å²) in [6, 6.07) is 17.3. The minimum atomic E-state index is -0.478. The van der Waals surface area contributed by atoms with Crippen LogP contribution in [-0.4, -0.2) is 46.1 Å². The number of nitro groups is 1. The fourth-order valence-corrected chi connectivity index (χ4v) is 4.18. The van der Waals surface area contributed by atoms with Gasteiger partial charge in [-0.15, -0.1) is 0 Å². The number of hydrogen-bond donors (Lipinski definition) is 0. The number of benzene rings is 3. The van der Waals surface area contributed by atoms with Gasteiger partial charge in [0.2, 0.25) is 0 Å². The Morgan fingerprint density at radius 1 is 1.03 bits per heavy atom. The lowest BCUT2D eigenvalue weighted by molar-refractivity contribution is -0.384. The molecule has 0 radical (unpaired) electrons. The van der Waals surface area contributed by atoms with Crippen LogP contribution in [-0.2, 0) is 6.54 Å². The van der Waals surface area contributed by atoms with Crippen LogP contribution in [0.2, 0.25) is 0 Å². The number of fused-ring (bicyclic) bond motifs is 1. The van der Waals surface area contributed by atoms with Gasteiger partial charge in [0.15, 0.2) is 0 Å². The lowest BCUT2D eigenvalue weighted by Crippen LogP contribution is -2.31. The van der Waals surface area contributed by atoms with Crippen LogP contribution in [0.4, 0.5) is 5.69 Å². The molecule has 1 aliphatic heterocycles. The Balaban J connectivity index is 1.62. The molecule has 0 bridgehead atoms. The van der Waals surface area contributed by atoms with E-state index >= 15 is 0 Å². The van der Waals surface area contributed by atoms with E-state index in [4.69, 9.17) is 4.74 Å². The minimum Gasteiger partial charge on any atom is -0.493 e. The van der Waals surface area contributed by atoms with Crippen molar-refractivity contribution >= 4 is 23.4 Å². The average molecular weight is 488 g/mol. The van der Waals surface area contributed by atoms with Crippen molar-refractivity contribution in [1.29, 1.82) is 0 Å². The fraction of sp³-hybridized carbons (Fsp3) is 0.222. The van der Waals surface area contributed by atoms with Gasteiger partial charge in [-0.25, -0.2) is 0 Å². The summed E-state index contributed by atoms with van der Waals surface area (Å²) >= 11 is 0. The van der Waals surface area contributed by atoms with Crippen LogP contribution >= 0.6 is 0 Å². The zero-order valence-electron chi connectivity index (χ0n) is 20.1. The molecule has 36 heavy (non-hydrogen) atoms. The summed E-state index contributed by atoms with van der Waals surface area (Å²) in [7, 11) is 1.61. The third kappa shape index (κ3) is 4.55. The highest BCUT2D eigenvalue weighted by atomic mass is 16.6. The molecule has 0 aromatic heterocycles. The highest BCUT2D eigenvalue weighted by Gasteiger charge is 2.35. The first-order chi connectivity index (χ1) is 17.2. The number of rotatable bonds is 8. The van der Waals surface area contributed by atoms with E-state index in [2.05, 4.69) is 0 Å². The smallest absolute Gasteiger partial charge is 0.269 e. The van der Waals surface area contributed by atoms with Gasteiger partial charge in [-0.2, -0.15) is 0 Å². The average Bonchev–Trinajstić information content (AvgIpc) is 3.13. The summed E-state index contributed by atoms with van der Waals surface area (Å²) in [5.74, 6) is -0.754. The molecule has 0 saturated carbocycles. The summed E-state index contributed by atoms with van der Waals surface area (Å²) in [5.41, 5.74) is 2.13. The van der Waals surface area contributed by atoms with Crippen LogP contribution in [0.5, 0.6) is 5.75 Å². The molecule has 3 aromatic carbocycles. The molecule has 9 heteroatoms. The van der Waals surface area contributed by atoms with E-state index in [9.17, 15) is 24.5 Å². The van der Waals surface area contributed by atoms with Crippen molar-refractivity contribution in [2.45, 2.75) is 26.4 Å². The van der Waals surface area contributed by atoms with Gasteiger partial charge in [0, 0.05) is 19.2 Å². The van der Waals surface area contributed by atoms with Crippen LogP contribution in [0.15, 0.2) is 66.7 Å². The molecule has 0 aliphatic carbocycles. The standard InChI is InChI=1S/C27H25N3O6/c1-4-36-24-13-12-18(16-29-26(32)21-10-5-6-11-22(21)27(29)33)14-23(24)25(31)28(3)17(2)19-8-7-9-20(15-19)30(34)35/h5-15,17H,4,16H2,1-3H3. The minimum absolute atomic E-state index is 0.00315. The Hall–Kier alpha value is -4.53. The summed E-state index contributed by atoms with van der Waals surface area (Å²) in [5, 5.41) is 11.2. The largest absolute Gasteiger partial charge is 0.493 e. The highest BCUT2D eigenvalue weighted by molar-refractivity contribution is 6.21. The number of amides is 3. The van der Waals surface area contributed by atoms with E-state index in [0.717, 1.165) is 4.90 Å². The molecule has 0 saturated heterocycles. The first kappa shape index (κ1) is 24.6. The van der Waals surface area contributed by atoms with Gasteiger partial charge in [0.05, 0.1) is 40.8 Å². The van der Waals surface area contributed by atoms with E-state index in [-0.39, 0.29) is 35.5 Å². The van der Waals surface area contributed by atoms with E-state index in [1.54, 1.807) is 75.5 Å². The Morgan fingerprint density at radius 2 is 1.69 bits per heavy atom. The number of carbonyl (C=O) groups excluding carboxylic acids is 3. The number of hydrogen-bond acceptors (Lipinski definition) is 6. The highest BCUT2D eigenvalue weighted by Crippen LogP contribution is 2.30. The van der Waals surface area contributed by atoms with Crippen molar-refractivity contribution in [3.63, 3.8) is 0 Å². The quantitative estimate of drug-likeness (QED) is 0.260. The third-order valence-corrected chi connectivity index (χ3v) is 6.26. The van der Waals surface area contributed by atoms with Crippen molar-refractivity contribution in [2.24, 2.45) is 0 Å². The molecule has 1 atom stereocenters. The number of carbonyl (C=O) groups is 3. The number of ether oxygens (including phenoxy) is 1. The van der Waals surface area contributed by atoms with Gasteiger partial charge < -0.3 is 9.64 Å². The second kappa shape index (κ2) is 9.99. The molecule has 0 fully saturated rings. The predicted molar refractivity (Wildman–Crippen MR) is 132 cm³/mol. The van der Waals surface area contributed by atoms with E-state index < -0.39 is 11.0 Å². The molecule has 4 rings (SSSR count). The number of nitro benzene ring substituents is 1. The Kier molecular flexibility index (Phi) is 6.82. The second-order valence-electron chi connectivity index (χ2n) is 8.45. The molecule has 3 aromatic rings. The zero-order valence-corrected chi connectivity index (χ0v) is 20.1. The molecular weight excluding hydrogens is 462 g/mol. The number of imide groups is 1. The van der Waals surface area contributed by atoms with Gasteiger partial charge >= 0.3 is 0 Å².